The number of rotatable bonds is 10. The molecule has 44 heavy (non-hydrogen) atoms. The van der Waals surface area contributed by atoms with Crippen LogP contribution in [0.15, 0.2) is 93.6 Å². The maximum absolute atomic E-state index is 13.7. The van der Waals surface area contributed by atoms with Crippen molar-refractivity contribution in [2.75, 3.05) is 22.9 Å². The van der Waals surface area contributed by atoms with Crippen LogP contribution in [0.1, 0.15) is 37.8 Å². The van der Waals surface area contributed by atoms with Gasteiger partial charge < -0.3 is 10.6 Å². The molecule has 0 saturated heterocycles. The summed E-state index contributed by atoms with van der Waals surface area (Å²) in [6.07, 6.45) is 0. The average molecular weight is 630 g/mol. The third-order valence-corrected chi connectivity index (χ3v) is 8.31. The van der Waals surface area contributed by atoms with E-state index in [4.69, 9.17) is 17.3 Å². The van der Waals surface area contributed by atoms with Gasteiger partial charge >= 0.3 is 5.69 Å². The normalized spacial score (nSPS) is 11.2. The Hall–Kier alpha value is -4.61. The van der Waals surface area contributed by atoms with Gasteiger partial charge in [-0.2, -0.15) is 0 Å². The number of nitrogens with two attached hydrogens (primary N) is 1. The first-order valence-electron chi connectivity index (χ1n) is 14.1. The first-order valence-corrected chi connectivity index (χ1v) is 15.5. The highest BCUT2D eigenvalue weighted by molar-refractivity contribution is 7.99. The van der Waals surface area contributed by atoms with E-state index in [0.29, 0.717) is 16.0 Å². The number of amides is 1. The molecular formula is C32H32ClN7O3S. The summed E-state index contributed by atoms with van der Waals surface area (Å²) in [7, 11) is 0. The predicted molar refractivity (Wildman–Crippen MR) is 176 cm³/mol. The zero-order chi connectivity index (χ0) is 31.4. The highest BCUT2D eigenvalue weighted by Gasteiger charge is 2.25. The van der Waals surface area contributed by atoms with Crippen LogP contribution >= 0.6 is 23.4 Å². The molecule has 0 aliphatic rings. The van der Waals surface area contributed by atoms with E-state index in [9.17, 15) is 14.4 Å². The molecule has 1 amide bonds. The first kappa shape index (κ1) is 30.8. The van der Waals surface area contributed by atoms with E-state index >= 15 is 0 Å². The van der Waals surface area contributed by atoms with Gasteiger partial charge in [0, 0.05) is 17.1 Å². The third-order valence-electron chi connectivity index (χ3n) is 7.15. The van der Waals surface area contributed by atoms with Gasteiger partial charge in [-0.25, -0.2) is 4.79 Å². The van der Waals surface area contributed by atoms with Gasteiger partial charge in [-0.3, -0.25) is 23.7 Å². The smallest absolute Gasteiger partial charge is 0.330 e. The molecule has 3 N–H and O–H groups in total. The number of nitrogen functional groups attached to an aromatic ring is 1. The number of anilines is 2. The summed E-state index contributed by atoms with van der Waals surface area (Å²) in [6, 6.07) is 24.6. The number of H-pyrrole nitrogens is 1. The fourth-order valence-corrected chi connectivity index (χ4v) is 5.92. The van der Waals surface area contributed by atoms with Gasteiger partial charge in [-0.1, -0.05) is 85.7 Å². The fraction of sp³-hybridized carbons (Fsp3) is 0.219. The minimum absolute atomic E-state index is 0.0624. The van der Waals surface area contributed by atoms with Crippen LogP contribution in [0, 0.1) is 0 Å². The number of halogens is 1. The number of carbonyl (C=O) groups excluding carboxylic acids is 1. The summed E-state index contributed by atoms with van der Waals surface area (Å²) in [4.78, 5) is 43.0. The SMILES string of the molecule is CCN(C(=O)CSc1nnc(-c2ccc(Cl)cc2)n1-c1ccccc1C(C)C)c1c(N)n(Cc2ccccc2)c(=O)[nH]c1=O. The maximum atomic E-state index is 13.7. The quantitative estimate of drug-likeness (QED) is 0.199. The van der Waals surface area contributed by atoms with Crippen LogP contribution in [0.5, 0.6) is 0 Å². The highest BCUT2D eigenvalue weighted by atomic mass is 35.5. The molecule has 0 saturated carbocycles. The van der Waals surface area contributed by atoms with Crippen LogP contribution in [0.4, 0.5) is 11.5 Å². The summed E-state index contributed by atoms with van der Waals surface area (Å²) >= 11 is 7.35. The van der Waals surface area contributed by atoms with Crippen LogP contribution in [0.25, 0.3) is 17.1 Å². The summed E-state index contributed by atoms with van der Waals surface area (Å²) in [5.41, 5.74) is 8.56. The van der Waals surface area contributed by atoms with Crippen molar-refractivity contribution in [3.8, 4) is 17.1 Å². The summed E-state index contributed by atoms with van der Waals surface area (Å²) in [5.74, 6) is 0.294. The molecule has 2 aromatic heterocycles. The van der Waals surface area contributed by atoms with Crippen LogP contribution in [-0.4, -0.2) is 42.5 Å². The molecule has 12 heteroatoms. The summed E-state index contributed by atoms with van der Waals surface area (Å²) in [5, 5.41) is 10.1. The van der Waals surface area contributed by atoms with Gasteiger partial charge in [0.1, 0.15) is 5.82 Å². The lowest BCUT2D eigenvalue weighted by molar-refractivity contribution is -0.116. The van der Waals surface area contributed by atoms with E-state index in [1.54, 1.807) is 19.1 Å². The van der Waals surface area contributed by atoms with Crippen molar-refractivity contribution in [2.45, 2.75) is 38.4 Å². The minimum Gasteiger partial charge on any atom is -0.383 e. The standard InChI is InChI=1S/C32H32ClN7O3S/c1-4-38(27-28(34)39(31(43)35-30(27)42)18-21-10-6-5-7-11-21)26(41)19-44-32-37-36-29(22-14-16-23(33)17-15-22)40(32)25-13-9-8-12-24(25)20(2)3/h5-17,20H,4,18-19,34H2,1-3H3,(H,35,42,43). The molecule has 2 heterocycles. The Morgan fingerprint density at radius 2 is 1.68 bits per heavy atom. The predicted octanol–water partition coefficient (Wildman–Crippen LogP) is 5.34. The highest BCUT2D eigenvalue weighted by Crippen LogP contribution is 2.33. The van der Waals surface area contributed by atoms with Crippen LogP contribution in [0.2, 0.25) is 5.02 Å². The van der Waals surface area contributed by atoms with Gasteiger partial charge in [0.25, 0.3) is 5.56 Å². The van der Waals surface area contributed by atoms with Gasteiger partial charge in [0.15, 0.2) is 16.7 Å². The second-order valence-electron chi connectivity index (χ2n) is 10.4. The second-order valence-corrected chi connectivity index (χ2v) is 11.7. The first-order chi connectivity index (χ1) is 21.2. The minimum atomic E-state index is -0.726. The van der Waals surface area contributed by atoms with Crippen molar-refractivity contribution in [1.29, 1.82) is 0 Å². The molecule has 0 aliphatic heterocycles. The molecular weight excluding hydrogens is 598 g/mol. The molecule has 0 aliphatic carbocycles. The third kappa shape index (κ3) is 6.34. The number of aromatic nitrogens is 5. The Labute approximate surface area is 263 Å². The lowest BCUT2D eigenvalue weighted by Gasteiger charge is -2.23. The number of para-hydroxylation sites is 1. The fourth-order valence-electron chi connectivity index (χ4n) is 4.97. The number of nitrogens with one attached hydrogen (secondary N) is 1. The van der Waals surface area contributed by atoms with Crippen molar-refractivity contribution in [3.05, 3.63) is 116 Å². The largest absolute Gasteiger partial charge is 0.383 e. The molecule has 5 rings (SSSR count). The summed E-state index contributed by atoms with van der Waals surface area (Å²) in [6.45, 7) is 6.27. The van der Waals surface area contributed by atoms with Gasteiger partial charge in [0.2, 0.25) is 5.91 Å². The van der Waals surface area contributed by atoms with Crippen LogP contribution in [0.3, 0.4) is 0 Å². The number of thioether (sulfide) groups is 1. The molecule has 0 bridgehead atoms. The average Bonchev–Trinajstić information content (AvgIpc) is 3.44. The maximum Gasteiger partial charge on any atom is 0.330 e. The van der Waals surface area contributed by atoms with E-state index in [-0.39, 0.29) is 42.2 Å². The van der Waals surface area contributed by atoms with Crippen LogP contribution < -0.4 is 21.9 Å². The Bertz CT molecular complexity index is 1900. The molecule has 0 unspecified atom stereocenters. The van der Waals surface area contributed by atoms with E-state index in [0.717, 1.165) is 22.4 Å². The van der Waals surface area contributed by atoms with Crippen LogP contribution in [-0.2, 0) is 11.3 Å². The van der Waals surface area contributed by atoms with Crippen molar-refractivity contribution in [3.63, 3.8) is 0 Å². The molecule has 0 radical (unpaired) electrons. The Morgan fingerprint density at radius 3 is 2.36 bits per heavy atom. The Kier molecular flexibility index (Phi) is 9.36. The molecule has 0 atom stereocenters. The topological polar surface area (TPSA) is 132 Å². The van der Waals surface area contributed by atoms with Gasteiger partial charge in [0.05, 0.1) is 18.0 Å². The van der Waals surface area contributed by atoms with Crippen molar-refractivity contribution in [1.82, 2.24) is 24.3 Å². The van der Waals surface area contributed by atoms with E-state index in [1.807, 2.05) is 65.2 Å². The van der Waals surface area contributed by atoms with E-state index in [2.05, 4.69) is 35.1 Å². The van der Waals surface area contributed by atoms with Crippen molar-refractivity contribution in [2.24, 2.45) is 0 Å². The van der Waals surface area contributed by atoms with Crippen molar-refractivity contribution < 1.29 is 4.79 Å². The number of hydrogen-bond donors (Lipinski definition) is 2. The number of carbonyl (C=O) groups is 1. The number of nitrogens with zero attached hydrogens (tertiary/aromatic N) is 5. The monoisotopic (exact) mass is 629 g/mol. The number of benzene rings is 3. The van der Waals surface area contributed by atoms with Gasteiger partial charge in [-0.05, 0) is 54.3 Å². The molecule has 0 spiro atoms. The van der Waals surface area contributed by atoms with E-state index < -0.39 is 11.2 Å². The molecule has 3 aromatic carbocycles. The van der Waals surface area contributed by atoms with E-state index in [1.165, 1.54) is 21.2 Å². The van der Waals surface area contributed by atoms with Crippen molar-refractivity contribution >= 4 is 40.8 Å². The van der Waals surface area contributed by atoms with Gasteiger partial charge in [-0.15, -0.1) is 10.2 Å². The number of hydrogen-bond acceptors (Lipinski definition) is 7. The molecule has 5 aromatic rings. The Morgan fingerprint density at radius 1 is 1.00 bits per heavy atom. The second kappa shape index (κ2) is 13.4. The lowest BCUT2D eigenvalue weighted by atomic mass is 10.0. The molecule has 0 fully saturated rings. The zero-order valence-corrected chi connectivity index (χ0v) is 26.1. The Balaban J connectivity index is 1.49. The lowest BCUT2D eigenvalue weighted by Crippen LogP contribution is -2.41. The summed E-state index contributed by atoms with van der Waals surface area (Å²) < 4.78 is 3.20. The zero-order valence-electron chi connectivity index (χ0n) is 24.5. The molecule has 226 valence electrons. The number of aromatic amines is 1. The molecule has 10 nitrogen and oxygen atoms in total.